The predicted octanol–water partition coefficient (Wildman–Crippen LogP) is 0.887. The number of halogens is 2. The molecule has 1 rings (SSSR count). The van der Waals surface area contributed by atoms with E-state index in [9.17, 15) is 12.8 Å². The van der Waals surface area contributed by atoms with Crippen LogP contribution in [0.1, 0.15) is 12.5 Å². The van der Waals surface area contributed by atoms with E-state index in [2.05, 4.69) is 4.98 Å². The lowest BCUT2D eigenvalue weighted by Gasteiger charge is -2.21. The molecule has 0 bridgehead atoms. The zero-order valence-corrected chi connectivity index (χ0v) is 11.2. The molecule has 0 amide bonds. The number of pyridine rings is 1. The monoisotopic (exact) mass is 283 g/mol. The van der Waals surface area contributed by atoms with Crippen LogP contribution in [0.15, 0.2) is 12.3 Å². The van der Waals surface area contributed by atoms with Crippen molar-refractivity contribution in [2.45, 2.75) is 13.5 Å². The number of hydrogen-bond donors (Lipinski definition) is 1. The van der Waals surface area contributed by atoms with Crippen molar-refractivity contribution in [1.82, 2.24) is 4.98 Å². The van der Waals surface area contributed by atoms with Crippen LogP contribution < -0.4 is 10.0 Å². The van der Waals surface area contributed by atoms with E-state index in [0.717, 1.165) is 16.8 Å². The second kappa shape index (κ2) is 6.13. The molecule has 0 aliphatic carbocycles. The Hall–Kier alpha value is -0.920. The van der Waals surface area contributed by atoms with Gasteiger partial charge in [-0.25, -0.2) is 17.8 Å². The molecule has 0 aromatic carbocycles. The Balaban J connectivity index is 0.00000256. The maximum atomic E-state index is 12.9. The Bertz CT molecular complexity index is 481. The first-order valence-corrected chi connectivity index (χ1v) is 6.57. The maximum absolute atomic E-state index is 12.9. The molecule has 17 heavy (non-hydrogen) atoms. The Morgan fingerprint density at radius 1 is 1.53 bits per heavy atom. The number of sulfonamides is 1. The Morgan fingerprint density at radius 2 is 2.12 bits per heavy atom. The molecule has 0 saturated heterocycles. The van der Waals surface area contributed by atoms with Gasteiger partial charge in [-0.15, -0.1) is 12.4 Å². The molecule has 0 spiro atoms. The van der Waals surface area contributed by atoms with Crippen molar-refractivity contribution in [3.8, 4) is 0 Å². The van der Waals surface area contributed by atoms with E-state index in [1.165, 1.54) is 6.07 Å². The molecule has 0 unspecified atom stereocenters. The molecule has 0 aliphatic rings. The average molecular weight is 284 g/mol. The molecule has 2 N–H and O–H groups in total. The first-order valence-electron chi connectivity index (χ1n) is 4.72. The summed E-state index contributed by atoms with van der Waals surface area (Å²) < 4.78 is 36.9. The Labute approximate surface area is 106 Å². The molecule has 0 atom stereocenters. The van der Waals surface area contributed by atoms with E-state index < -0.39 is 15.8 Å². The van der Waals surface area contributed by atoms with Gasteiger partial charge in [-0.3, -0.25) is 4.31 Å². The summed E-state index contributed by atoms with van der Waals surface area (Å²) in [4.78, 5) is 3.78. The van der Waals surface area contributed by atoms with Crippen molar-refractivity contribution >= 4 is 28.2 Å². The number of anilines is 1. The van der Waals surface area contributed by atoms with Gasteiger partial charge in [0.1, 0.15) is 11.6 Å². The molecule has 0 fully saturated rings. The summed E-state index contributed by atoms with van der Waals surface area (Å²) >= 11 is 0. The topological polar surface area (TPSA) is 76.3 Å². The van der Waals surface area contributed by atoms with Gasteiger partial charge in [-0.1, -0.05) is 0 Å². The number of nitrogens with zero attached hydrogens (tertiary/aromatic N) is 2. The number of hydrogen-bond acceptors (Lipinski definition) is 4. The summed E-state index contributed by atoms with van der Waals surface area (Å²) in [6, 6.07) is 1.19. The second-order valence-electron chi connectivity index (χ2n) is 3.27. The summed E-state index contributed by atoms with van der Waals surface area (Å²) in [7, 11) is -3.42. The van der Waals surface area contributed by atoms with Crippen molar-refractivity contribution < 1.29 is 12.8 Å². The number of rotatable bonds is 4. The zero-order chi connectivity index (χ0) is 12.3. The molecule has 0 radical (unpaired) electrons. The highest BCUT2D eigenvalue weighted by Gasteiger charge is 2.19. The van der Waals surface area contributed by atoms with Crippen LogP contribution in [0.4, 0.5) is 10.2 Å². The van der Waals surface area contributed by atoms with E-state index in [1.54, 1.807) is 6.92 Å². The van der Waals surface area contributed by atoms with Crippen LogP contribution in [0.2, 0.25) is 0 Å². The highest BCUT2D eigenvalue weighted by atomic mass is 35.5. The van der Waals surface area contributed by atoms with Crippen LogP contribution in [0.5, 0.6) is 0 Å². The van der Waals surface area contributed by atoms with Gasteiger partial charge in [0.05, 0.1) is 12.5 Å². The molecular formula is C9H15ClFN3O2S. The molecule has 98 valence electrons. The van der Waals surface area contributed by atoms with Gasteiger partial charge in [0.2, 0.25) is 10.0 Å². The zero-order valence-electron chi connectivity index (χ0n) is 9.55. The summed E-state index contributed by atoms with van der Waals surface area (Å²) in [6.07, 6.45) is 2.05. The predicted molar refractivity (Wildman–Crippen MR) is 67.2 cm³/mol. The van der Waals surface area contributed by atoms with E-state index in [0.29, 0.717) is 5.56 Å². The summed E-state index contributed by atoms with van der Waals surface area (Å²) in [6.45, 7) is 1.93. The van der Waals surface area contributed by atoms with E-state index in [1.807, 2.05) is 0 Å². The minimum atomic E-state index is -3.42. The third kappa shape index (κ3) is 3.79. The smallest absolute Gasteiger partial charge is 0.233 e. The largest absolute Gasteiger partial charge is 0.326 e. The van der Waals surface area contributed by atoms with Gasteiger partial charge in [-0.2, -0.15) is 0 Å². The van der Waals surface area contributed by atoms with Crippen molar-refractivity contribution in [2.75, 3.05) is 17.1 Å². The Kier molecular flexibility index (Phi) is 5.80. The van der Waals surface area contributed by atoms with E-state index in [-0.39, 0.29) is 31.3 Å². The Morgan fingerprint density at radius 3 is 2.53 bits per heavy atom. The van der Waals surface area contributed by atoms with Crippen LogP contribution in [0, 0.1) is 5.82 Å². The van der Waals surface area contributed by atoms with Crippen molar-refractivity contribution in [1.29, 1.82) is 0 Å². The first kappa shape index (κ1) is 16.1. The van der Waals surface area contributed by atoms with Crippen LogP contribution in [-0.4, -0.2) is 26.2 Å². The normalized spacial score (nSPS) is 10.8. The van der Waals surface area contributed by atoms with Crippen LogP contribution >= 0.6 is 12.4 Å². The third-order valence-corrected chi connectivity index (χ3v) is 3.28. The summed E-state index contributed by atoms with van der Waals surface area (Å²) in [5.74, 6) is -0.345. The number of nitrogens with two attached hydrogens (primary N) is 1. The third-order valence-electron chi connectivity index (χ3n) is 2.05. The average Bonchev–Trinajstić information content (AvgIpc) is 2.19. The van der Waals surface area contributed by atoms with Gasteiger partial charge in [0, 0.05) is 18.7 Å². The van der Waals surface area contributed by atoms with Crippen LogP contribution in [0.3, 0.4) is 0 Å². The molecular weight excluding hydrogens is 269 g/mol. The number of aromatic nitrogens is 1. The summed E-state index contributed by atoms with van der Waals surface area (Å²) in [5.41, 5.74) is 5.79. The molecule has 0 saturated carbocycles. The quantitative estimate of drug-likeness (QED) is 0.890. The molecule has 8 heteroatoms. The summed E-state index contributed by atoms with van der Waals surface area (Å²) in [5, 5.41) is 0. The van der Waals surface area contributed by atoms with E-state index in [4.69, 9.17) is 5.73 Å². The first-order chi connectivity index (χ1) is 7.40. The lowest BCUT2D eigenvalue weighted by molar-refractivity contribution is 0.595. The van der Waals surface area contributed by atoms with Gasteiger partial charge in [-0.05, 0) is 13.0 Å². The minimum Gasteiger partial charge on any atom is -0.326 e. The second-order valence-corrected chi connectivity index (χ2v) is 5.17. The van der Waals surface area contributed by atoms with Crippen LogP contribution in [0.25, 0.3) is 0 Å². The molecule has 1 aromatic rings. The van der Waals surface area contributed by atoms with Gasteiger partial charge in [0.25, 0.3) is 0 Å². The molecule has 0 aliphatic heterocycles. The highest BCUT2D eigenvalue weighted by molar-refractivity contribution is 7.92. The fraction of sp³-hybridized carbons (Fsp3) is 0.444. The maximum Gasteiger partial charge on any atom is 0.233 e. The van der Waals surface area contributed by atoms with E-state index >= 15 is 0 Å². The standard InChI is InChI=1S/C9H14FN3O2S.ClH/c1-3-13(16(2,14)15)9-7(5-11)4-8(10)6-12-9;/h4,6H,3,5,11H2,1-2H3;1H. The fourth-order valence-corrected chi connectivity index (χ4v) is 2.34. The lowest BCUT2D eigenvalue weighted by atomic mass is 10.2. The van der Waals surface area contributed by atoms with Gasteiger partial charge in [0.15, 0.2) is 0 Å². The molecule has 1 heterocycles. The lowest BCUT2D eigenvalue weighted by Crippen LogP contribution is -2.31. The SMILES string of the molecule is CCN(c1ncc(F)cc1CN)S(C)(=O)=O.Cl. The van der Waals surface area contributed by atoms with Gasteiger partial charge >= 0.3 is 0 Å². The van der Waals surface area contributed by atoms with Crippen LogP contribution in [-0.2, 0) is 16.6 Å². The highest BCUT2D eigenvalue weighted by Crippen LogP contribution is 2.20. The van der Waals surface area contributed by atoms with Crippen molar-refractivity contribution in [3.63, 3.8) is 0 Å². The van der Waals surface area contributed by atoms with Crippen molar-refractivity contribution in [2.24, 2.45) is 5.73 Å². The fourth-order valence-electron chi connectivity index (χ4n) is 1.39. The molecule has 5 nitrogen and oxygen atoms in total. The minimum absolute atomic E-state index is 0. The van der Waals surface area contributed by atoms with Crippen molar-refractivity contribution in [3.05, 3.63) is 23.6 Å². The van der Waals surface area contributed by atoms with Gasteiger partial charge < -0.3 is 5.73 Å². The molecule has 1 aromatic heterocycles.